The largest absolute Gasteiger partial charge is 0.366 e. The lowest BCUT2D eigenvalue weighted by molar-refractivity contribution is 0.787. The third kappa shape index (κ3) is 3.20. The highest BCUT2D eigenvalue weighted by Crippen LogP contribution is 2.17. The summed E-state index contributed by atoms with van der Waals surface area (Å²) >= 11 is 5.73. The Labute approximate surface area is 112 Å². The maximum Gasteiger partial charge on any atom is 0.151 e. The molecule has 0 amide bonds. The lowest BCUT2D eigenvalue weighted by Gasteiger charge is -2.22. The van der Waals surface area contributed by atoms with Crippen molar-refractivity contribution in [2.75, 3.05) is 11.4 Å². The van der Waals surface area contributed by atoms with Crippen molar-refractivity contribution in [3.63, 3.8) is 0 Å². The van der Waals surface area contributed by atoms with Gasteiger partial charge in [-0.1, -0.05) is 23.7 Å². The van der Waals surface area contributed by atoms with E-state index in [2.05, 4.69) is 53.2 Å². The number of aryl methyl sites for hydroxylation is 1. The number of rotatable bonds is 4. The minimum absolute atomic E-state index is 0.428. The minimum Gasteiger partial charge on any atom is -0.366 e. The van der Waals surface area contributed by atoms with Crippen LogP contribution in [0.25, 0.3) is 0 Å². The van der Waals surface area contributed by atoms with Gasteiger partial charge in [0.05, 0.1) is 12.2 Å². The van der Waals surface area contributed by atoms with E-state index in [-0.39, 0.29) is 0 Å². The molecular weight excluding hydrogens is 246 g/mol. The number of aromatic nitrogens is 2. The van der Waals surface area contributed by atoms with Crippen LogP contribution in [0.2, 0.25) is 5.15 Å². The van der Waals surface area contributed by atoms with E-state index in [1.807, 2.05) is 6.07 Å². The summed E-state index contributed by atoms with van der Waals surface area (Å²) in [4.78, 5) is 2.25. The molecule has 0 bridgehead atoms. The van der Waals surface area contributed by atoms with Gasteiger partial charge in [0.2, 0.25) is 0 Å². The summed E-state index contributed by atoms with van der Waals surface area (Å²) in [5, 5.41) is 8.38. The molecule has 0 radical (unpaired) electrons. The molecule has 94 valence electrons. The molecule has 2 aromatic rings. The Morgan fingerprint density at radius 1 is 1.17 bits per heavy atom. The van der Waals surface area contributed by atoms with Gasteiger partial charge in [-0.2, -0.15) is 5.10 Å². The Hall–Kier alpha value is -1.61. The molecule has 4 heteroatoms. The van der Waals surface area contributed by atoms with Gasteiger partial charge in [0.25, 0.3) is 0 Å². The minimum atomic E-state index is 0.428. The molecule has 3 nitrogen and oxygen atoms in total. The highest BCUT2D eigenvalue weighted by molar-refractivity contribution is 6.29. The van der Waals surface area contributed by atoms with E-state index in [0.717, 1.165) is 18.8 Å². The number of anilines is 1. The van der Waals surface area contributed by atoms with Gasteiger partial charge in [0.15, 0.2) is 5.15 Å². The molecule has 0 saturated carbocycles. The van der Waals surface area contributed by atoms with Crippen LogP contribution in [0.4, 0.5) is 5.69 Å². The van der Waals surface area contributed by atoms with Crippen molar-refractivity contribution in [3.8, 4) is 0 Å². The van der Waals surface area contributed by atoms with Crippen molar-refractivity contribution in [2.45, 2.75) is 20.4 Å². The number of benzene rings is 1. The lowest BCUT2D eigenvalue weighted by atomic mass is 10.2. The SMILES string of the molecule is CCN(Cc1ccc(Cl)nn1)c1cccc(C)c1. The van der Waals surface area contributed by atoms with Gasteiger partial charge >= 0.3 is 0 Å². The first-order valence-corrected chi connectivity index (χ1v) is 6.36. The van der Waals surface area contributed by atoms with Crippen LogP contribution in [0.3, 0.4) is 0 Å². The fourth-order valence-electron chi connectivity index (χ4n) is 1.83. The molecule has 0 atom stereocenters. The van der Waals surface area contributed by atoms with Gasteiger partial charge in [0, 0.05) is 12.2 Å². The maximum absolute atomic E-state index is 5.73. The van der Waals surface area contributed by atoms with Gasteiger partial charge in [-0.05, 0) is 43.7 Å². The first-order chi connectivity index (χ1) is 8.69. The van der Waals surface area contributed by atoms with Gasteiger partial charge in [-0.15, -0.1) is 5.10 Å². The van der Waals surface area contributed by atoms with E-state index < -0.39 is 0 Å². The molecule has 0 spiro atoms. The Balaban J connectivity index is 2.17. The summed E-state index contributed by atoms with van der Waals surface area (Å²) in [6, 6.07) is 12.1. The molecule has 0 aliphatic carbocycles. The van der Waals surface area contributed by atoms with Crippen LogP contribution in [-0.4, -0.2) is 16.7 Å². The third-order valence-corrected chi connectivity index (χ3v) is 2.99. The van der Waals surface area contributed by atoms with Crippen LogP contribution in [0, 0.1) is 6.92 Å². The Bertz CT molecular complexity index is 511. The van der Waals surface area contributed by atoms with E-state index in [0.29, 0.717) is 5.15 Å². The normalized spacial score (nSPS) is 10.4. The summed E-state index contributed by atoms with van der Waals surface area (Å²) in [5.41, 5.74) is 3.38. The molecule has 1 aromatic heterocycles. The summed E-state index contributed by atoms with van der Waals surface area (Å²) in [6.45, 7) is 5.89. The highest BCUT2D eigenvalue weighted by atomic mass is 35.5. The predicted molar refractivity (Wildman–Crippen MR) is 74.9 cm³/mol. The second kappa shape index (κ2) is 5.83. The van der Waals surface area contributed by atoms with Gasteiger partial charge in [-0.3, -0.25) is 0 Å². The molecule has 0 unspecified atom stereocenters. The Morgan fingerprint density at radius 2 is 2.00 bits per heavy atom. The molecule has 1 heterocycles. The van der Waals surface area contributed by atoms with Crippen molar-refractivity contribution in [1.82, 2.24) is 10.2 Å². The Morgan fingerprint density at radius 3 is 2.61 bits per heavy atom. The van der Waals surface area contributed by atoms with E-state index in [4.69, 9.17) is 11.6 Å². The van der Waals surface area contributed by atoms with Crippen LogP contribution in [0.5, 0.6) is 0 Å². The van der Waals surface area contributed by atoms with Crippen LogP contribution in [0.1, 0.15) is 18.2 Å². The number of hydrogen-bond donors (Lipinski definition) is 0. The van der Waals surface area contributed by atoms with Gasteiger partial charge in [0.1, 0.15) is 0 Å². The molecule has 0 aliphatic heterocycles. The van der Waals surface area contributed by atoms with Crippen LogP contribution < -0.4 is 4.90 Å². The highest BCUT2D eigenvalue weighted by Gasteiger charge is 2.06. The molecular formula is C14H16ClN3. The average Bonchev–Trinajstić information content (AvgIpc) is 2.38. The van der Waals surface area contributed by atoms with Crippen LogP contribution >= 0.6 is 11.6 Å². The van der Waals surface area contributed by atoms with Crippen LogP contribution in [-0.2, 0) is 6.54 Å². The monoisotopic (exact) mass is 261 g/mol. The summed E-state index contributed by atoms with van der Waals surface area (Å²) < 4.78 is 0. The second-order valence-electron chi connectivity index (χ2n) is 4.20. The summed E-state index contributed by atoms with van der Waals surface area (Å²) in [5.74, 6) is 0. The molecule has 2 rings (SSSR count). The van der Waals surface area contributed by atoms with Crippen molar-refractivity contribution < 1.29 is 0 Å². The zero-order valence-corrected chi connectivity index (χ0v) is 11.4. The molecule has 0 fully saturated rings. The molecule has 0 N–H and O–H groups in total. The fraction of sp³-hybridized carbons (Fsp3) is 0.286. The smallest absolute Gasteiger partial charge is 0.151 e. The van der Waals surface area contributed by atoms with Crippen molar-refractivity contribution >= 4 is 17.3 Å². The molecule has 1 aromatic carbocycles. The van der Waals surface area contributed by atoms with E-state index >= 15 is 0 Å². The predicted octanol–water partition coefficient (Wildman–Crippen LogP) is 3.46. The van der Waals surface area contributed by atoms with E-state index in [1.165, 1.54) is 11.3 Å². The summed E-state index contributed by atoms with van der Waals surface area (Å²) in [7, 11) is 0. The third-order valence-electron chi connectivity index (χ3n) is 2.79. The molecule has 0 aliphatic rings. The van der Waals surface area contributed by atoms with Crippen molar-refractivity contribution in [1.29, 1.82) is 0 Å². The zero-order valence-electron chi connectivity index (χ0n) is 10.6. The standard InChI is InChI=1S/C14H16ClN3/c1-3-18(13-6-4-5-11(2)9-13)10-12-7-8-14(15)17-16-12/h4-9H,3,10H2,1-2H3. The van der Waals surface area contributed by atoms with Crippen molar-refractivity contribution in [2.24, 2.45) is 0 Å². The fourth-order valence-corrected chi connectivity index (χ4v) is 1.93. The average molecular weight is 262 g/mol. The first kappa shape index (κ1) is 12.8. The maximum atomic E-state index is 5.73. The molecule has 0 saturated heterocycles. The van der Waals surface area contributed by atoms with Crippen LogP contribution in [0.15, 0.2) is 36.4 Å². The Kier molecular flexibility index (Phi) is 4.15. The van der Waals surface area contributed by atoms with E-state index in [9.17, 15) is 0 Å². The first-order valence-electron chi connectivity index (χ1n) is 5.98. The lowest BCUT2D eigenvalue weighted by Crippen LogP contribution is -2.22. The zero-order chi connectivity index (χ0) is 13.0. The van der Waals surface area contributed by atoms with Gasteiger partial charge < -0.3 is 4.90 Å². The number of halogens is 1. The summed E-state index contributed by atoms with van der Waals surface area (Å²) in [6.07, 6.45) is 0. The second-order valence-corrected chi connectivity index (χ2v) is 4.59. The molecule has 18 heavy (non-hydrogen) atoms. The number of hydrogen-bond acceptors (Lipinski definition) is 3. The van der Waals surface area contributed by atoms with Gasteiger partial charge in [-0.25, -0.2) is 0 Å². The van der Waals surface area contributed by atoms with E-state index in [1.54, 1.807) is 6.07 Å². The van der Waals surface area contributed by atoms with Crippen molar-refractivity contribution in [3.05, 3.63) is 52.8 Å². The topological polar surface area (TPSA) is 29.0 Å². The number of nitrogens with zero attached hydrogens (tertiary/aromatic N) is 3. The quantitative estimate of drug-likeness (QED) is 0.844.